The van der Waals surface area contributed by atoms with Gasteiger partial charge in [-0.05, 0) is 36.6 Å². The third-order valence-corrected chi connectivity index (χ3v) is 5.45. The van der Waals surface area contributed by atoms with Crippen molar-refractivity contribution in [2.45, 2.75) is 68.6 Å². The maximum atomic E-state index is 12.0. The number of rotatable bonds is 6. The molecule has 2 aliphatic rings. The molecule has 0 aromatic heterocycles. The number of ether oxygens (including phenoxy) is 3. The van der Waals surface area contributed by atoms with Crippen LogP contribution in [0.3, 0.4) is 0 Å². The largest absolute Gasteiger partial charge is 0.504 e. The van der Waals surface area contributed by atoms with Crippen LogP contribution in [0.25, 0.3) is 6.08 Å². The molecule has 1 aromatic rings. The van der Waals surface area contributed by atoms with Gasteiger partial charge in [-0.3, -0.25) is 0 Å². The fourth-order valence-corrected chi connectivity index (χ4v) is 3.60. The summed E-state index contributed by atoms with van der Waals surface area (Å²) in [6, 6.07) is 4.00. The number of benzene rings is 1. The van der Waals surface area contributed by atoms with Gasteiger partial charge in [0.05, 0.1) is 12.2 Å². The molecule has 7 atom stereocenters. The Hall–Kier alpha value is -2.21. The number of hydrogen-bond acceptors (Lipinski definition) is 10. The van der Waals surface area contributed by atoms with Crippen LogP contribution in [0.2, 0.25) is 0 Å². The Bertz CT molecular complexity index is 781. The number of phenols is 2. The maximum Gasteiger partial charge on any atom is 0.330 e. The first kappa shape index (κ1) is 23.5. The zero-order valence-corrected chi connectivity index (χ0v) is 16.8. The Morgan fingerprint density at radius 3 is 2.48 bits per heavy atom. The molecule has 1 heterocycles. The predicted octanol–water partition coefficient (Wildman–Crippen LogP) is -0.218. The quantitative estimate of drug-likeness (QED) is 0.198. The second-order valence-corrected chi connectivity index (χ2v) is 7.75. The van der Waals surface area contributed by atoms with E-state index >= 15 is 0 Å². The van der Waals surface area contributed by atoms with E-state index in [4.69, 9.17) is 14.2 Å². The van der Waals surface area contributed by atoms with Gasteiger partial charge in [0, 0.05) is 6.08 Å². The maximum absolute atomic E-state index is 12.0. The molecule has 31 heavy (non-hydrogen) atoms. The lowest BCUT2D eigenvalue weighted by molar-refractivity contribution is -0.319. The van der Waals surface area contributed by atoms with Crippen LogP contribution >= 0.6 is 0 Å². The summed E-state index contributed by atoms with van der Waals surface area (Å²) in [5.41, 5.74) is 0.444. The fourth-order valence-electron chi connectivity index (χ4n) is 3.60. The number of aliphatic hydroxyl groups is 4. The van der Waals surface area contributed by atoms with Crippen molar-refractivity contribution in [2.24, 2.45) is 0 Å². The number of hydrogen-bond donors (Lipinski definition) is 6. The van der Waals surface area contributed by atoms with Gasteiger partial charge < -0.3 is 44.8 Å². The third-order valence-electron chi connectivity index (χ3n) is 5.45. The molecule has 1 saturated heterocycles. The summed E-state index contributed by atoms with van der Waals surface area (Å²) in [4.78, 5) is 12.0. The molecule has 6 N–H and O–H groups in total. The summed E-state index contributed by atoms with van der Waals surface area (Å²) < 4.78 is 16.2. The Morgan fingerprint density at radius 1 is 1.03 bits per heavy atom. The van der Waals surface area contributed by atoms with Gasteiger partial charge in [-0.25, -0.2) is 4.79 Å². The monoisotopic (exact) mass is 440 g/mol. The second kappa shape index (κ2) is 10.4. The SMILES string of the molecule is O=C(C=Cc1ccc(O)c(O)c1)OC[C@@H]1O[C@@H](O[C@H]2CCCC[C@@H]2O)[C@H](O)[C@@H](O)[C@@H]1O. The number of aliphatic hydroxyl groups excluding tert-OH is 4. The standard InChI is InChI=1S/C21H28O10/c22-12-7-5-11(9-14(12)24)6-8-17(25)29-10-16-18(26)19(27)20(28)21(31-16)30-15-4-2-1-3-13(15)23/h5-9,13,15-16,18-24,26-28H,1-4,10H2/t13-,15-,16-,18+,19-,20+,21+/m0/s1. The Kier molecular flexibility index (Phi) is 7.87. The Labute approximate surface area is 178 Å². The number of aromatic hydroxyl groups is 2. The summed E-state index contributed by atoms with van der Waals surface area (Å²) in [6.07, 6.45) is -3.07. The number of carbonyl (C=O) groups excluding carboxylic acids is 1. The highest BCUT2D eigenvalue weighted by atomic mass is 16.7. The molecule has 10 nitrogen and oxygen atoms in total. The van der Waals surface area contributed by atoms with Gasteiger partial charge in [-0.15, -0.1) is 0 Å². The topological polar surface area (TPSA) is 166 Å². The Balaban J connectivity index is 1.55. The minimum Gasteiger partial charge on any atom is -0.504 e. The average molecular weight is 440 g/mol. The molecule has 3 rings (SSSR count). The normalized spacial score (nSPS) is 34.0. The van der Waals surface area contributed by atoms with Crippen molar-refractivity contribution >= 4 is 12.0 Å². The molecule has 0 amide bonds. The first-order valence-corrected chi connectivity index (χ1v) is 10.2. The van der Waals surface area contributed by atoms with Crippen LogP contribution in [0.15, 0.2) is 24.3 Å². The Morgan fingerprint density at radius 2 is 1.77 bits per heavy atom. The minimum atomic E-state index is -1.58. The van der Waals surface area contributed by atoms with Gasteiger partial charge in [0.1, 0.15) is 31.0 Å². The van der Waals surface area contributed by atoms with E-state index in [9.17, 15) is 35.4 Å². The van der Waals surface area contributed by atoms with Crippen molar-refractivity contribution in [1.29, 1.82) is 0 Å². The van der Waals surface area contributed by atoms with Crippen LogP contribution in [0.5, 0.6) is 11.5 Å². The lowest BCUT2D eigenvalue weighted by atomic mass is 9.94. The van der Waals surface area contributed by atoms with E-state index in [0.717, 1.165) is 18.9 Å². The van der Waals surface area contributed by atoms with Crippen molar-refractivity contribution in [3.05, 3.63) is 29.8 Å². The van der Waals surface area contributed by atoms with Crippen LogP contribution in [0.4, 0.5) is 0 Å². The lowest BCUT2D eigenvalue weighted by Crippen LogP contribution is -2.60. The van der Waals surface area contributed by atoms with Crippen LogP contribution in [0.1, 0.15) is 31.2 Å². The smallest absolute Gasteiger partial charge is 0.330 e. The molecular weight excluding hydrogens is 412 g/mol. The summed E-state index contributed by atoms with van der Waals surface area (Å²) in [5, 5.41) is 59.3. The summed E-state index contributed by atoms with van der Waals surface area (Å²) in [5.74, 6) is -1.40. The molecular formula is C21H28O10. The zero-order chi connectivity index (χ0) is 22.5. The molecule has 1 aromatic carbocycles. The highest BCUT2D eigenvalue weighted by molar-refractivity contribution is 5.87. The van der Waals surface area contributed by atoms with E-state index in [2.05, 4.69) is 0 Å². The fraction of sp³-hybridized carbons (Fsp3) is 0.571. The van der Waals surface area contributed by atoms with Crippen molar-refractivity contribution in [1.82, 2.24) is 0 Å². The van der Waals surface area contributed by atoms with Crippen molar-refractivity contribution in [3.63, 3.8) is 0 Å². The highest BCUT2D eigenvalue weighted by Gasteiger charge is 2.46. The summed E-state index contributed by atoms with van der Waals surface area (Å²) >= 11 is 0. The number of phenolic OH excluding ortho intramolecular Hbond substituents is 2. The summed E-state index contributed by atoms with van der Waals surface area (Å²) in [6.45, 7) is -0.415. The van der Waals surface area contributed by atoms with Crippen molar-refractivity contribution in [3.8, 4) is 11.5 Å². The number of carbonyl (C=O) groups is 1. The van der Waals surface area contributed by atoms with E-state index < -0.39 is 55.5 Å². The first-order chi connectivity index (χ1) is 14.8. The minimum absolute atomic E-state index is 0.290. The molecule has 0 unspecified atom stereocenters. The third kappa shape index (κ3) is 5.94. The van der Waals surface area contributed by atoms with Gasteiger partial charge >= 0.3 is 5.97 Å². The molecule has 10 heteroatoms. The van der Waals surface area contributed by atoms with Gasteiger partial charge in [0.15, 0.2) is 17.8 Å². The van der Waals surface area contributed by atoms with Crippen molar-refractivity contribution < 1.29 is 49.6 Å². The molecule has 1 aliphatic carbocycles. The molecule has 1 saturated carbocycles. The first-order valence-electron chi connectivity index (χ1n) is 10.2. The molecule has 172 valence electrons. The number of esters is 1. The van der Waals surface area contributed by atoms with Crippen LogP contribution in [-0.4, -0.2) is 86.1 Å². The van der Waals surface area contributed by atoms with Crippen molar-refractivity contribution in [2.75, 3.05) is 6.61 Å². The van der Waals surface area contributed by atoms with Gasteiger partial charge in [0.25, 0.3) is 0 Å². The van der Waals surface area contributed by atoms with E-state index in [1.165, 1.54) is 24.3 Å². The van der Waals surface area contributed by atoms with E-state index in [0.29, 0.717) is 18.4 Å². The molecule has 0 bridgehead atoms. The van der Waals surface area contributed by atoms with E-state index in [1.807, 2.05) is 0 Å². The van der Waals surface area contributed by atoms with E-state index in [1.54, 1.807) is 0 Å². The predicted molar refractivity (Wildman–Crippen MR) is 106 cm³/mol. The van der Waals surface area contributed by atoms with Gasteiger partial charge in [-0.1, -0.05) is 18.9 Å². The van der Waals surface area contributed by atoms with Gasteiger partial charge in [0.2, 0.25) is 0 Å². The summed E-state index contributed by atoms with van der Waals surface area (Å²) in [7, 11) is 0. The van der Waals surface area contributed by atoms with Crippen LogP contribution in [-0.2, 0) is 19.0 Å². The molecule has 0 radical (unpaired) electrons. The van der Waals surface area contributed by atoms with Crippen LogP contribution < -0.4 is 0 Å². The molecule has 1 aliphatic heterocycles. The van der Waals surface area contributed by atoms with Gasteiger partial charge in [-0.2, -0.15) is 0 Å². The van der Waals surface area contributed by atoms with E-state index in [-0.39, 0.29) is 11.5 Å². The van der Waals surface area contributed by atoms with Crippen LogP contribution in [0, 0.1) is 0 Å². The molecule has 2 fully saturated rings. The molecule has 0 spiro atoms. The average Bonchev–Trinajstić information content (AvgIpc) is 2.75. The second-order valence-electron chi connectivity index (χ2n) is 7.75. The lowest BCUT2D eigenvalue weighted by Gasteiger charge is -2.42. The highest BCUT2D eigenvalue weighted by Crippen LogP contribution is 2.28. The zero-order valence-electron chi connectivity index (χ0n) is 16.8.